The summed E-state index contributed by atoms with van der Waals surface area (Å²) in [5, 5.41) is 15.5. The van der Waals surface area contributed by atoms with Crippen molar-refractivity contribution in [2.45, 2.75) is 25.0 Å². The van der Waals surface area contributed by atoms with Gasteiger partial charge in [0, 0.05) is 13.2 Å². The van der Waals surface area contributed by atoms with E-state index < -0.39 is 0 Å². The van der Waals surface area contributed by atoms with Gasteiger partial charge in [0.05, 0.1) is 25.4 Å². The molecule has 2 aliphatic rings. The molecule has 2 fully saturated rings. The van der Waals surface area contributed by atoms with E-state index in [1.807, 2.05) is 0 Å². The molecule has 0 radical (unpaired) electrons. The molecule has 0 bridgehead atoms. The standard InChI is InChI=1S/C6H10O2.2C3H6O/c1-3-7-6-2-4-8-5(1)6;2*1-2-3-4/h5-6H,1-4H2;2*2,4H,1,3H2/t5-,6-;;/m0../s1. The Balaban J connectivity index is 0.000000244. The zero-order valence-electron chi connectivity index (χ0n) is 9.68. The van der Waals surface area contributed by atoms with Crippen molar-refractivity contribution in [3.63, 3.8) is 0 Å². The molecule has 2 N–H and O–H groups in total. The second-order valence-corrected chi connectivity index (χ2v) is 3.34. The molecule has 0 saturated carbocycles. The predicted octanol–water partition coefficient (Wildman–Crippen LogP) is 0.894. The first kappa shape index (κ1) is 15.3. The maximum Gasteiger partial charge on any atom is 0.0859 e. The van der Waals surface area contributed by atoms with E-state index in [1.54, 1.807) is 0 Å². The SMILES string of the molecule is C1C[C@@H]2OCC[C@@H]2O1.C=CCO.C=CCO. The Hall–Kier alpha value is -0.680. The van der Waals surface area contributed by atoms with Crippen LogP contribution in [0.15, 0.2) is 25.3 Å². The number of fused-ring (bicyclic) bond motifs is 1. The van der Waals surface area contributed by atoms with Crippen molar-refractivity contribution >= 4 is 0 Å². The van der Waals surface area contributed by atoms with E-state index in [1.165, 1.54) is 12.2 Å². The van der Waals surface area contributed by atoms with Gasteiger partial charge in [0.15, 0.2) is 0 Å². The molecule has 0 unspecified atom stereocenters. The summed E-state index contributed by atoms with van der Waals surface area (Å²) in [6, 6.07) is 0. The molecule has 4 heteroatoms. The highest BCUT2D eigenvalue weighted by Crippen LogP contribution is 2.25. The van der Waals surface area contributed by atoms with Crippen LogP contribution < -0.4 is 0 Å². The predicted molar refractivity (Wildman–Crippen MR) is 63.3 cm³/mol. The molecule has 16 heavy (non-hydrogen) atoms. The summed E-state index contributed by atoms with van der Waals surface area (Å²) in [5.41, 5.74) is 0. The van der Waals surface area contributed by atoms with Crippen molar-refractivity contribution in [3.05, 3.63) is 25.3 Å². The molecular formula is C12H22O4. The Morgan fingerprint density at radius 1 is 0.938 bits per heavy atom. The van der Waals surface area contributed by atoms with E-state index in [2.05, 4.69) is 13.2 Å². The minimum Gasteiger partial charge on any atom is -0.392 e. The molecule has 0 aromatic rings. The zero-order valence-corrected chi connectivity index (χ0v) is 9.68. The van der Waals surface area contributed by atoms with Crippen LogP contribution >= 0.6 is 0 Å². The van der Waals surface area contributed by atoms with Crippen LogP contribution in [0.4, 0.5) is 0 Å². The van der Waals surface area contributed by atoms with E-state index in [4.69, 9.17) is 19.7 Å². The molecule has 0 aromatic carbocycles. The second kappa shape index (κ2) is 10.8. The molecule has 0 amide bonds. The normalized spacial score (nSPS) is 25.6. The van der Waals surface area contributed by atoms with Gasteiger partial charge in [-0.25, -0.2) is 0 Å². The van der Waals surface area contributed by atoms with Gasteiger partial charge in [-0.1, -0.05) is 12.2 Å². The quantitative estimate of drug-likeness (QED) is 0.692. The van der Waals surface area contributed by atoms with E-state index in [0.717, 1.165) is 26.1 Å². The summed E-state index contributed by atoms with van der Waals surface area (Å²) in [6.07, 6.45) is 6.00. The molecule has 0 spiro atoms. The average molecular weight is 230 g/mol. The Kier molecular flexibility index (Phi) is 10.4. The summed E-state index contributed by atoms with van der Waals surface area (Å²) in [6.45, 7) is 8.45. The molecule has 94 valence electrons. The van der Waals surface area contributed by atoms with Gasteiger partial charge in [0.2, 0.25) is 0 Å². The largest absolute Gasteiger partial charge is 0.392 e. The number of aliphatic hydroxyl groups is 2. The highest BCUT2D eigenvalue weighted by molar-refractivity contribution is 4.81. The van der Waals surface area contributed by atoms with Gasteiger partial charge >= 0.3 is 0 Å². The minimum atomic E-state index is 0.0833. The van der Waals surface area contributed by atoms with Crippen LogP contribution in [0, 0.1) is 0 Å². The topological polar surface area (TPSA) is 58.9 Å². The summed E-state index contributed by atoms with van der Waals surface area (Å²) >= 11 is 0. The van der Waals surface area contributed by atoms with Crippen molar-refractivity contribution < 1.29 is 19.7 Å². The monoisotopic (exact) mass is 230 g/mol. The molecule has 2 aliphatic heterocycles. The lowest BCUT2D eigenvalue weighted by molar-refractivity contribution is 0.0732. The first-order chi connectivity index (χ1) is 7.79. The Labute approximate surface area is 97.2 Å². The van der Waals surface area contributed by atoms with Crippen LogP contribution in [-0.2, 0) is 9.47 Å². The average Bonchev–Trinajstić information content (AvgIpc) is 2.92. The smallest absolute Gasteiger partial charge is 0.0859 e. The third kappa shape index (κ3) is 6.74. The van der Waals surface area contributed by atoms with Gasteiger partial charge < -0.3 is 19.7 Å². The van der Waals surface area contributed by atoms with Crippen LogP contribution in [0.3, 0.4) is 0 Å². The Bertz CT molecular complexity index is 154. The maximum atomic E-state index is 7.76. The number of rotatable bonds is 2. The number of hydrogen-bond acceptors (Lipinski definition) is 4. The Morgan fingerprint density at radius 2 is 1.25 bits per heavy atom. The molecule has 2 saturated heterocycles. The van der Waals surface area contributed by atoms with Crippen molar-refractivity contribution in [2.75, 3.05) is 26.4 Å². The second-order valence-electron chi connectivity index (χ2n) is 3.34. The summed E-state index contributed by atoms with van der Waals surface area (Å²) < 4.78 is 10.7. The summed E-state index contributed by atoms with van der Waals surface area (Å²) in [5.74, 6) is 0. The third-order valence-corrected chi connectivity index (χ3v) is 2.14. The van der Waals surface area contributed by atoms with Gasteiger partial charge in [-0.3, -0.25) is 0 Å². The summed E-state index contributed by atoms with van der Waals surface area (Å²) in [7, 11) is 0. The maximum absolute atomic E-state index is 7.76. The third-order valence-electron chi connectivity index (χ3n) is 2.14. The van der Waals surface area contributed by atoms with Gasteiger partial charge in [0.25, 0.3) is 0 Å². The van der Waals surface area contributed by atoms with Crippen molar-refractivity contribution in [3.8, 4) is 0 Å². The van der Waals surface area contributed by atoms with Crippen LogP contribution in [0.25, 0.3) is 0 Å². The van der Waals surface area contributed by atoms with Gasteiger partial charge in [-0.2, -0.15) is 0 Å². The molecule has 2 rings (SSSR count). The zero-order chi connectivity index (χ0) is 12.2. The van der Waals surface area contributed by atoms with Gasteiger partial charge in [0.1, 0.15) is 0 Å². The van der Waals surface area contributed by atoms with Crippen LogP contribution in [0.5, 0.6) is 0 Å². The molecule has 0 aromatic heterocycles. The van der Waals surface area contributed by atoms with Gasteiger partial charge in [-0.15, -0.1) is 13.2 Å². The van der Waals surface area contributed by atoms with Crippen LogP contribution in [0.1, 0.15) is 12.8 Å². The lowest BCUT2D eigenvalue weighted by atomic mass is 10.2. The molecule has 2 heterocycles. The molecule has 2 atom stereocenters. The van der Waals surface area contributed by atoms with Crippen LogP contribution in [-0.4, -0.2) is 48.8 Å². The van der Waals surface area contributed by atoms with E-state index in [-0.39, 0.29) is 13.2 Å². The molecule has 0 aliphatic carbocycles. The van der Waals surface area contributed by atoms with Crippen molar-refractivity contribution in [1.82, 2.24) is 0 Å². The van der Waals surface area contributed by atoms with Crippen LogP contribution in [0.2, 0.25) is 0 Å². The number of ether oxygens (including phenoxy) is 2. The van der Waals surface area contributed by atoms with Crippen molar-refractivity contribution in [2.24, 2.45) is 0 Å². The number of aliphatic hydroxyl groups excluding tert-OH is 2. The van der Waals surface area contributed by atoms with Crippen molar-refractivity contribution in [1.29, 1.82) is 0 Å². The fourth-order valence-corrected chi connectivity index (χ4v) is 1.42. The molecule has 4 nitrogen and oxygen atoms in total. The lowest BCUT2D eigenvalue weighted by Crippen LogP contribution is -2.13. The molecular weight excluding hydrogens is 208 g/mol. The lowest BCUT2D eigenvalue weighted by Gasteiger charge is -2.03. The highest BCUT2D eigenvalue weighted by Gasteiger charge is 2.33. The Morgan fingerprint density at radius 3 is 1.50 bits per heavy atom. The minimum absolute atomic E-state index is 0.0833. The van der Waals surface area contributed by atoms with Gasteiger partial charge in [-0.05, 0) is 12.8 Å². The fourth-order valence-electron chi connectivity index (χ4n) is 1.42. The van der Waals surface area contributed by atoms with E-state index >= 15 is 0 Å². The highest BCUT2D eigenvalue weighted by atomic mass is 16.6. The van der Waals surface area contributed by atoms with E-state index in [9.17, 15) is 0 Å². The first-order valence-corrected chi connectivity index (χ1v) is 5.46. The summed E-state index contributed by atoms with van der Waals surface area (Å²) in [4.78, 5) is 0. The number of hydrogen-bond donors (Lipinski definition) is 2. The first-order valence-electron chi connectivity index (χ1n) is 5.46. The van der Waals surface area contributed by atoms with E-state index in [0.29, 0.717) is 12.2 Å². The fraction of sp³-hybridized carbons (Fsp3) is 0.667.